The lowest BCUT2D eigenvalue weighted by atomic mass is 10.2. The highest BCUT2D eigenvalue weighted by Crippen LogP contribution is 2.58. The van der Waals surface area contributed by atoms with E-state index in [1.807, 2.05) is 48.5 Å². The molecule has 0 fully saturated rings. The second-order valence-electron chi connectivity index (χ2n) is 10.0. The molecule has 212 valence electrons. The van der Waals surface area contributed by atoms with Crippen LogP contribution in [0.1, 0.15) is 38.1 Å². The number of benzene rings is 3. The van der Waals surface area contributed by atoms with Crippen LogP contribution in [0.3, 0.4) is 0 Å². The van der Waals surface area contributed by atoms with Crippen LogP contribution >= 0.6 is 30.9 Å². The summed E-state index contributed by atoms with van der Waals surface area (Å²) in [5.74, 6) is 0.564. The first-order valence-electron chi connectivity index (χ1n) is 13.1. The normalized spacial score (nSPS) is 13.4. The van der Waals surface area contributed by atoms with E-state index in [1.54, 1.807) is 80.6 Å². The molecule has 1 aliphatic rings. The number of phosphoric acid groups is 1. The molecule has 41 heavy (non-hydrogen) atoms. The number of para-hydroxylation sites is 2. The average molecular weight is 608 g/mol. The molecule has 0 radical (unpaired) electrons. The Morgan fingerprint density at radius 3 is 1.88 bits per heavy atom. The number of thioether (sulfide) groups is 1. The van der Waals surface area contributed by atoms with Gasteiger partial charge >= 0.3 is 13.9 Å². The minimum Gasteiger partial charge on any atom is -0.443 e. The molecule has 0 N–H and O–H groups in total. The van der Waals surface area contributed by atoms with Crippen LogP contribution in [0.15, 0.2) is 107 Å². The van der Waals surface area contributed by atoms with E-state index in [0.717, 1.165) is 21.1 Å². The van der Waals surface area contributed by atoms with Crippen molar-refractivity contribution in [2.75, 3.05) is 4.90 Å². The summed E-state index contributed by atoms with van der Waals surface area (Å²) in [7, 11) is -4.45. The fraction of sp³-hybridized carbons (Fsp3) is 0.194. The van der Waals surface area contributed by atoms with Crippen molar-refractivity contribution in [1.29, 1.82) is 0 Å². The number of rotatable bonds is 8. The predicted octanol–water partition coefficient (Wildman–Crippen LogP) is 9.77. The van der Waals surface area contributed by atoms with Crippen molar-refractivity contribution in [2.45, 2.75) is 43.9 Å². The SMILES string of the molecule is CCc1cc2c(s1)SC(c1ccccc1)=C(OP(=O)(Oc1ccccc1)Oc1ccccc1)N2C(=O)OC(C)(C)C. The first-order chi connectivity index (χ1) is 19.6. The van der Waals surface area contributed by atoms with Crippen LogP contribution < -0.4 is 13.9 Å². The molecule has 0 spiro atoms. The molecule has 3 aromatic carbocycles. The minimum atomic E-state index is -4.45. The fourth-order valence-electron chi connectivity index (χ4n) is 3.89. The molecule has 2 heterocycles. The zero-order valence-electron chi connectivity index (χ0n) is 23.1. The first kappa shape index (κ1) is 28.9. The molecule has 0 saturated heterocycles. The first-order valence-corrected chi connectivity index (χ1v) is 16.2. The van der Waals surface area contributed by atoms with Gasteiger partial charge in [-0.2, -0.15) is 4.57 Å². The standard InChI is InChI=1S/C31H30NO6PS2/c1-5-25-21-26-29(40-25)41-27(22-15-9-6-10-16-22)28(32(26)30(33)35-31(2,3)4)38-39(34,36-23-17-11-7-12-18-23)37-24-19-13-8-14-20-24/h6-21H,5H2,1-4H3. The monoisotopic (exact) mass is 607 g/mol. The molecule has 7 nitrogen and oxygen atoms in total. The van der Waals surface area contributed by atoms with E-state index in [9.17, 15) is 9.36 Å². The Labute approximate surface area is 248 Å². The highest BCUT2D eigenvalue weighted by Gasteiger charge is 2.43. The van der Waals surface area contributed by atoms with Gasteiger partial charge in [0.2, 0.25) is 5.88 Å². The third-order valence-electron chi connectivity index (χ3n) is 5.64. The second kappa shape index (κ2) is 12.1. The van der Waals surface area contributed by atoms with E-state index in [1.165, 1.54) is 16.7 Å². The Balaban J connectivity index is 1.68. The molecule has 1 aromatic heterocycles. The minimum absolute atomic E-state index is 0.00130. The number of hydrogen-bond acceptors (Lipinski definition) is 8. The van der Waals surface area contributed by atoms with Gasteiger partial charge in [0.15, 0.2) is 0 Å². The van der Waals surface area contributed by atoms with Crippen molar-refractivity contribution in [3.05, 3.63) is 113 Å². The number of amides is 1. The van der Waals surface area contributed by atoms with Crippen molar-refractivity contribution in [3.63, 3.8) is 0 Å². The van der Waals surface area contributed by atoms with Crippen molar-refractivity contribution < 1.29 is 27.7 Å². The lowest BCUT2D eigenvalue weighted by molar-refractivity contribution is 0.0576. The van der Waals surface area contributed by atoms with Crippen LogP contribution in [0.2, 0.25) is 0 Å². The van der Waals surface area contributed by atoms with E-state index in [2.05, 4.69) is 6.92 Å². The summed E-state index contributed by atoms with van der Waals surface area (Å²) in [6, 6.07) is 28.7. The maximum Gasteiger partial charge on any atom is 0.648 e. The maximum absolute atomic E-state index is 14.5. The molecule has 1 amide bonds. The van der Waals surface area contributed by atoms with Crippen molar-refractivity contribution in [2.24, 2.45) is 0 Å². The maximum atomic E-state index is 14.5. The summed E-state index contributed by atoms with van der Waals surface area (Å²) in [5, 5.41) is 0. The third-order valence-corrected chi connectivity index (χ3v) is 9.48. The summed E-state index contributed by atoms with van der Waals surface area (Å²) < 4.78 is 39.4. The van der Waals surface area contributed by atoms with Crippen LogP contribution in [-0.4, -0.2) is 11.7 Å². The largest absolute Gasteiger partial charge is 0.648 e. The summed E-state index contributed by atoms with van der Waals surface area (Å²) in [6.07, 6.45) is 0.109. The number of nitrogens with zero attached hydrogens (tertiary/aromatic N) is 1. The summed E-state index contributed by atoms with van der Waals surface area (Å²) >= 11 is 3.03. The quantitative estimate of drug-likeness (QED) is 0.185. The molecule has 4 aromatic rings. The van der Waals surface area contributed by atoms with Gasteiger partial charge in [0.25, 0.3) is 0 Å². The number of aryl methyl sites for hydroxylation is 1. The molecule has 10 heteroatoms. The number of carbonyl (C=O) groups excluding carboxylic acids is 1. The smallest absolute Gasteiger partial charge is 0.443 e. The molecular formula is C31H30NO6PS2. The Morgan fingerprint density at radius 1 is 0.829 bits per heavy atom. The summed E-state index contributed by atoms with van der Waals surface area (Å²) in [4.78, 5) is 16.9. The van der Waals surface area contributed by atoms with Gasteiger partial charge in [0, 0.05) is 4.88 Å². The van der Waals surface area contributed by atoms with Gasteiger partial charge in [-0.15, -0.1) is 11.3 Å². The number of anilines is 1. The molecule has 0 aliphatic carbocycles. The molecule has 0 atom stereocenters. The van der Waals surface area contributed by atoms with Crippen LogP contribution in [0.5, 0.6) is 11.5 Å². The third kappa shape index (κ3) is 6.99. The van der Waals surface area contributed by atoms with Gasteiger partial charge in [-0.1, -0.05) is 85.4 Å². The molecule has 1 aliphatic heterocycles. The van der Waals surface area contributed by atoms with Crippen LogP contribution in [0, 0.1) is 0 Å². The van der Waals surface area contributed by atoms with Gasteiger partial charge in [0.05, 0.1) is 14.8 Å². The van der Waals surface area contributed by atoms with E-state index in [-0.39, 0.29) is 17.4 Å². The van der Waals surface area contributed by atoms with Crippen molar-refractivity contribution in [1.82, 2.24) is 0 Å². The van der Waals surface area contributed by atoms with E-state index >= 15 is 0 Å². The van der Waals surface area contributed by atoms with Gasteiger partial charge in [0.1, 0.15) is 17.1 Å². The van der Waals surface area contributed by atoms with Crippen LogP contribution in [0.4, 0.5) is 10.5 Å². The molecule has 0 saturated carbocycles. The number of phosphoric ester groups is 1. The Morgan fingerprint density at radius 2 is 1.37 bits per heavy atom. The van der Waals surface area contributed by atoms with E-state index < -0.39 is 19.5 Å². The highest BCUT2D eigenvalue weighted by atomic mass is 32.2. The lowest BCUT2D eigenvalue weighted by Gasteiger charge is -2.33. The number of fused-ring (bicyclic) bond motifs is 1. The van der Waals surface area contributed by atoms with Gasteiger partial charge in [-0.05, 0) is 63.1 Å². The topological polar surface area (TPSA) is 74.3 Å². The van der Waals surface area contributed by atoms with Gasteiger partial charge in [-0.3, -0.25) is 0 Å². The molecule has 0 bridgehead atoms. The predicted molar refractivity (Wildman–Crippen MR) is 164 cm³/mol. The van der Waals surface area contributed by atoms with Crippen molar-refractivity contribution in [3.8, 4) is 11.5 Å². The van der Waals surface area contributed by atoms with Crippen molar-refractivity contribution >= 4 is 47.6 Å². The van der Waals surface area contributed by atoms with E-state index in [0.29, 0.717) is 10.6 Å². The van der Waals surface area contributed by atoms with Gasteiger partial charge in [-0.25, -0.2) is 9.69 Å². The number of carbonyl (C=O) groups is 1. The fourth-order valence-corrected chi connectivity index (χ4v) is 7.67. The second-order valence-corrected chi connectivity index (χ2v) is 13.9. The van der Waals surface area contributed by atoms with E-state index in [4.69, 9.17) is 18.3 Å². The Kier molecular flexibility index (Phi) is 8.50. The molecule has 0 unspecified atom stereocenters. The summed E-state index contributed by atoms with van der Waals surface area (Å²) in [5.41, 5.74) is 0.560. The number of ether oxygens (including phenoxy) is 1. The average Bonchev–Trinajstić information content (AvgIpc) is 3.36. The zero-order chi connectivity index (χ0) is 29.0. The Hall–Kier alpha value is -3.65. The Bertz CT molecular complexity index is 1540. The highest BCUT2D eigenvalue weighted by molar-refractivity contribution is 8.10. The number of thiophene rings is 1. The lowest BCUT2D eigenvalue weighted by Crippen LogP contribution is -2.38. The molecular weight excluding hydrogens is 577 g/mol. The van der Waals surface area contributed by atoms with Gasteiger partial charge < -0.3 is 18.3 Å². The summed E-state index contributed by atoms with van der Waals surface area (Å²) in [6.45, 7) is 7.43. The van der Waals surface area contributed by atoms with Crippen LogP contribution in [-0.2, 0) is 20.2 Å². The molecule has 5 rings (SSSR count). The zero-order valence-corrected chi connectivity index (χ0v) is 25.6. The number of hydrogen-bond donors (Lipinski definition) is 0. The van der Waals surface area contributed by atoms with Crippen LogP contribution in [0.25, 0.3) is 4.91 Å².